The Morgan fingerprint density at radius 2 is 2.41 bits per heavy atom. The Morgan fingerprint density at radius 3 is 3.18 bits per heavy atom. The van der Waals surface area contributed by atoms with E-state index in [4.69, 9.17) is 0 Å². The second-order valence-electron chi connectivity index (χ2n) is 4.84. The van der Waals surface area contributed by atoms with E-state index in [9.17, 15) is 0 Å². The minimum absolute atomic E-state index is 0.778. The summed E-state index contributed by atoms with van der Waals surface area (Å²) in [5.41, 5.74) is 1.05. The van der Waals surface area contributed by atoms with Gasteiger partial charge in [0.15, 0.2) is 0 Å². The fourth-order valence-corrected chi connectivity index (χ4v) is 2.42. The summed E-state index contributed by atoms with van der Waals surface area (Å²) in [5, 5.41) is 3.23. The smallest absolute Gasteiger partial charge is 0.225 e. The predicted octanol–water partition coefficient (Wildman–Crippen LogP) is 1.61. The average molecular weight is 234 g/mol. The van der Waals surface area contributed by atoms with E-state index in [1.807, 2.05) is 26.2 Å². The number of aryl methyl sites for hydroxylation is 1. The van der Waals surface area contributed by atoms with E-state index >= 15 is 0 Å². The first-order valence-electron chi connectivity index (χ1n) is 6.49. The molecule has 1 unspecified atom stereocenters. The Kier molecular flexibility index (Phi) is 4.31. The van der Waals surface area contributed by atoms with Gasteiger partial charge < -0.3 is 10.2 Å². The number of nitrogens with one attached hydrogen (secondary N) is 1. The van der Waals surface area contributed by atoms with E-state index in [1.165, 1.54) is 19.3 Å². The summed E-state index contributed by atoms with van der Waals surface area (Å²) >= 11 is 0. The third-order valence-corrected chi connectivity index (χ3v) is 3.39. The van der Waals surface area contributed by atoms with Gasteiger partial charge in [-0.2, -0.15) is 0 Å². The first-order chi connectivity index (χ1) is 8.29. The largest absolute Gasteiger partial charge is 0.341 e. The van der Waals surface area contributed by atoms with E-state index < -0.39 is 0 Å². The van der Waals surface area contributed by atoms with E-state index in [0.717, 1.165) is 37.2 Å². The minimum Gasteiger partial charge on any atom is -0.341 e. The summed E-state index contributed by atoms with van der Waals surface area (Å²) in [4.78, 5) is 11.2. The van der Waals surface area contributed by atoms with Crippen molar-refractivity contribution in [2.24, 2.45) is 5.92 Å². The maximum absolute atomic E-state index is 4.51. The number of aromatic nitrogens is 2. The van der Waals surface area contributed by atoms with Gasteiger partial charge in [0.2, 0.25) is 5.95 Å². The van der Waals surface area contributed by atoms with E-state index in [-0.39, 0.29) is 0 Å². The van der Waals surface area contributed by atoms with Crippen LogP contribution in [0.4, 0.5) is 5.95 Å². The lowest BCUT2D eigenvalue weighted by atomic mass is 9.95. The van der Waals surface area contributed by atoms with Crippen molar-refractivity contribution in [3.05, 3.63) is 18.0 Å². The lowest BCUT2D eigenvalue weighted by Gasteiger charge is -2.32. The highest BCUT2D eigenvalue weighted by atomic mass is 15.3. The van der Waals surface area contributed by atoms with Crippen LogP contribution in [0.1, 0.15) is 25.0 Å². The summed E-state index contributed by atoms with van der Waals surface area (Å²) < 4.78 is 0. The highest BCUT2D eigenvalue weighted by molar-refractivity contribution is 5.30. The fourth-order valence-electron chi connectivity index (χ4n) is 2.42. The number of nitrogens with zero attached hydrogens (tertiary/aromatic N) is 3. The molecule has 1 atom stereocenters. The van der Waals surface area contributed by atoms with Gasteiger partial charge in [-0.05, 0) is 51.8 Å². The van der Waals surface area contributed by atoms with Crippen LogP contribution in [0.5, 0.6) is 0 Å². The molecule has 1 aromatic rings. The predicted molar refractivity (Wildman–Crippen MR) is 70.2 cm³/mol. The molecule has 0 aromatic carbocycles. The lowest BCUT2D eigenvalue weighted by molar-refractivity contribution is 0.384. The monoisotopic (exact) mass is 234 g/mol. The topological polar surface area (TPSA) is 41.0 Å². The van der Waals surface area contributed by atoms with Gasteiger partial charge in [0.25, 0.3) is 0 Å². The molecule has 0 aliphatic carbocycles. The van der Waals surface area contributed by atoms with Gasteiger partial charge in [-0.15, -0.1) is 0 Å². The van der Waals surface area contributed by atoms with Crippen molar-refractivity contribution in [3.63, 3.8) is 0 Å². The molecular formula is C13H22N4. The van der Waals surface area contributed by atoms with Crippen LogP contribution < -0.4 is 10.2 Å². The number of hydrogen-bond acceptors (Lipinski definition) is 4. The normalized spacial score (nSPS) is 20.6. The van der Waals surface area contributed by atoms with Gasteiger partial charge in [-0.3, -0.25) is 0 Å². The number of anilines is 1. The summed E-state index contributed by atoms with van der Waals surface area (Å²) in [5.74, 6) is 1.68. The van der Waals surface area contributed by atoms with Crippen LogP contribution in [0.25, 0.3) is 0 Å². The maximum atomic E-state index is 4.51. The molecule has 2 heterocycles. The van der Waals surface area contributed by atoms with E-state index in [2.05, 4.69) is 20.2 Å². The maximum Gasteiger partial charge on any atom is 0.225 e. The Labute approximate surface area is 103 Å². The van der Waals surface area contributed by atoms with Crippen molar-refractivity contribution in [1.82, 2.24) is 15.3 Å². The molecule has 17 heavy (non-hydrogen) atoms. The first-order valence-corrected chi connectivity index (χ1v) is 6.49. The van der Waals surface area contributed by atoms with Gasteiger partial charge in [0.05, 0.1) is 0 Å². The van der Waals surface area contributed by atoms with E-state index in [1.54, 1.807) is 0 Å². The molecule has 4 nitrogen and oxygen atoms in total. The zero-order valence-corrected chi connectivity index (χ0v) is 10.8. The molecule has 0 amide bonds. The lowest BCUT2D eigenvalue weighted by Crippen LogP contribution is -2.37. The molecule has 1 saturated heterocycles. The summed E-state index contributed by atoms with van der Waals surface area (Å²) in [6.45, 7) is 5.32. The summed E-state index contributed by atoms with van der Waals surface area (Å²) in [6, 6.07) is 1.95. The molecule has 1 N–H and O–H groups in total. The molecule has 0 radical (unpaired) electrons. The highest BCUT2D eigenvalue weighted by Gasteiger charge is 2.21. The molecule has 0 bridgehead atoms. The molecule has 1 aromatic heterocycles. The van der Waals surface area contributed by atoms with Crippen molar-refractivity contribution >= 4 is 5.95 Å². The van der Waals surface area contributed by atoms with Crippen molar-refractivity contribution in [1.29, 1.82) is 0 Å². The quantitative estimate of drug-likeness (QED) is 0.859. The van der Waals surface area contributed by atoms with Crippen molar-refractivity contribution in [2.45, 2.75) is 26.2 Å². The van der Waals surface area contributed by atoms with Crippen LogP contribution in [0, 0.1) is 12.8 Å². The zero-order chi connectivity index (χ0) is 12.1. The summed E-state index contributed by atoms with van der Waals surface area (Å²) in [7, 11) is 2.02. The van der Waals surface area contributed by atoms with Crippen LogP contribution in [0.3, 0.4) is 0 Å². The number of hydrogen-bond donors (Lipinski definition) is 1. The molecule has 4 heteroatoms. The number of piperidine rings is 1. The Bertz CT molecular complexity index is 353. The number of rotatable bonds is 4. The Balaban J connectivity index is 1.97. The standard InChI is InChI=1S/C13H22N4/c1-11-5-8-15-13(16-11)17-9-3-4-12(10-17)6-7-14-2/h5,8,12,14H,3-4,6-7,9-10H2,1-2H3. The molecule has 94 valence electrons. The second-order valence-corrected chi connectivity index (χ2v) is 4.84. The van der Waals surface area contributed by atoms with Crippen molar-refractivity contribution < 1.29 is 0 Å². The molecule has 1 fully saturated rings. The Morgan fingerprint density at radius 1 is 1.53 bits per heavy atom. The highest BCUT2D eigenvalue weighted by Crippen LogP contribution is 2.22. The van der Waals surface area contributed by atoms with Crippen molar-refractivity contribution in [2.75, 3.05) is 31.6 Å². The second kappa shape index (κ2) is 5.96. The van der Waals surface area contributed by atoms with Crippen LogP contribution in [0.15, 0.2) is 12.3 Å². The molecule has 2 rings (SSSR count). The van der Waals surface area contributed by atoms with Crippen LogP contribution in [0.2, 0.25) is 0 Å². The van der Waals surface area contributed by atoms with Gasteiger partial charge in [0, 0.05) is 25.0 Å². The molecule has 0 saturated carbocycles. The van der Waals surface area contributed by atoms with Gasteiger partial charge in [-0.25, -0.2) is 9.97 Å². The SMILES string of the molecule is CNCCC1CCCN(c2nccc(C)n2)C1. The van der Waals surface area contributed by atoms with Crippen LogP contribution >= 0.6 is 0 Å². The minimum atomic E-state index is 0.778. The molecule has 1 aliphatic rings. The fraction of sp³-hybridized carbons (Fsp3) is 0.692. The van der Waals surface area contributed by atoms with Crippen LogP contribution in [-0.4, -0.2) is 36.6 Å². The third kappa shape index (κ3) is 3.40. The Hall–Kier alpha value is -1.16. The van der Waals surface area contributed by atoms with Gasteiger partial charge in [0.1, 0.15) is 0 Å². The average Bonchev–Trinajstić information content (AvgIpc) is 2.37. The third-order valence-electron chi connectivity index (χ3n) is 3.39. The first kappa shape index (κ1) is 12.3. The zero-order valence-electron chi connectivity index (χ0n) is 10.8. The van der Waals surface area contributed by atoms with Crippen LogP contribution in [-0.2, 0) is 0 Å². The molecule has 0 spiro atoms. The molecular weight excluding hydrogens is 212 g/mol. The van der Waals surface area contributed by atoms with Crippen molar-refractivity contribution in [3.8, 4) is 0 Å². The summed E-state index contributed by atoms with van der Waals surface area (Å²) in [6.07, 6.45) is 5.70. The molecule has 1 aliphatic heterocycles. The van der Waals surface area contributed by atoms with Gasteiger partial charge in [-0.1, -0.05) is 0 Å². The van der Waals surface area contributed by atoms with Gasteiger partial charge >= 0.3 is 0 Å². The van der Waals surface area contributed by atoms with E-state index in [0.29, 0.717) is 0 Å².